The van der Waals surface area contributed by atoms with Crippen molar-refractivity contribution < 1.29 is 23.9 Å². The van der Waals surface area contributed by atoms with Crippen molar-refractivity contribution in [2.24, 2.45) is 0 Å². The first-order valence-corrected chi connectivity index (χ1v) is 11.9. The Kier molecular flexibility index (Phi) is 7.82. The summed E-state index contributed by atoms with van der Waals surface area (Å²) in [5.74, 6) is -0.788. The predicted octanol–water partition coefficient (Wildman–Crippen LogP) is 4.69. The average molecular weight is 502 g/mol. The maximum atomic E-state index is 12.7. The molecule has 1 fully saturated rings. The van der Waals surface area contributed by atoms with Crippen LogP contribution in [-0.2, 0) is 14.4 Å². The Bertz CT molecular complexity index is 1310. The predicted molar refractivity (Wildman–Crippen MR) is 139 cm³/mol. The molecule has 3 aromatic carbocycles. The van der Waals surface area contributed by atoms with Crippen LogP contribution in [0.5, 0.6) is 5.75 Å². The number of anilines is 2. The van der Waals surface area contributed by atoms with Gasteiger partial charge in [-0.25, -0.2) is 0 Å². The second kappa shape index (κ2) is 11.4. The molecular formula is C27H23N3O5S. The lowest BCUT2D eigenvalue weighted by Gasteiger charge is -2.12. The van der Waals surface area contributed by atoms with E-state index in [2.05, 4.69) is 10.6 Å². The summed E-state index contributed by atoms with van der Waals surface area (Å²) in [5.41, 5.74) is 3.05. The monoisotopic (exact) mass is 501 g/mol. The van der Waals surface area contributed by atoms with Crippen LogP contribution < -0.4 is 15.4 Å². The van der Waals surface area contributed by atoms with E-state index in [1.54, 1.807) is 54.6 Å². The highest BCUT2D eigenvalue weighted by Crippen LogP contribution is 2.32. The van der Waals surface area contributed by atoms with E-state index in [1.807, 2.05) is 37.3 Å². The SMILES string of the molecule is Cc1ccc(NC(=O)COc2ccc(/C=C3\SC(=O)N(CC(=O)Nc4ccccc4)C3=O)cc2)cc1. The van der Waals surface area contributed by atoms with Gasteiger partial charge in [0, 0.05) is 11.4 Å². The van der Waals surface area contributed by atoms with Crippen LogP contribution in [0.2, 0.25) is 0 Å². The van der Waals surface area contributed by atoms with Gasteiger partial charge in [0.15, 0.2) is 6.61 Å². The average Bonchev–Trinajstić information content (AvgIpc) is 3.13. The van der Waals surface area contributed by atoms with Crippen molar-refractivity contribution in [3.63, 3.8) is 0 Å². The van der Waals surface area contributed by atoms with Gasteiger partial charge in [0.1, 0.15) is 12.3 Å². The molecule has 1 saturated heterocycles. The Morgan fingerprint density at radius 3 is 2.19 bits per heavy atom. The van der Waals surface area contributed by atoms with E-state index in [1.165, 1.54) is 0 Å². The molecule has 0 atom stereocenters. The lowest BCUT2D eigenvalue weighted by atomic mass is 10.2. The van der Waals surface area contributed by atoms with E-state index in [4.69, 9.17) is 4.74 Å². The van der Waals surface area contributed by atoms with Crippen LogP contribution in [0.4, 0.5) is 16.2 Å². The van der Waals surface area contributed by atoms with E-state index < -0.39 is 17.1 Å². The molecule has 1 heterocycles. The first-order chi connectivity index (χ1) is 17.4. The van der Waals surface area contributed by atoms with Crippen molar-refractivity contribution >= 4 is 52.2 Å². The van der Waals surface area contributed by atoms with Gasteiger partial charge < -0.3 is 15.4 Å². The van der Waals surface area contributed by atoms with Crippen molar-refractivity contribution in [3.05, 3.63) is 94.9 Å². The van der Waals surface area contributed by atoms with E-state index in [0.717, 1.165) is 22.2 Å². The Morgan fingerprint density at radius 1 is 0.861 bits per heavy atom. The topological polar surface area (TPSA) is 105 Å². The molecule has 4 rings (SSSR count). The number of carbonyl (C=O) groups excluding carboxylic acids is 4. The second-order valence-electron chi connectivity index (χ2n) is 7.95. The number of carbonyl (C=O) groups is 4. The van der Waals surface area contributed by atoms with E-state index in [9.17, 15) is 19.2 Å². The molecule has 182 valence electrons. The van der Waals surface area contributed by atoms with Gasteiger partial charge in [0.2, 0.25) is 5.91 Å². The lowest BCUT2D eigenvalue weighted by Crippen LogP contribution is -2.36. The summed E-state index contributed by atoms with van der Waals surface area (Å²) in [6.45, 7) is 1.45. The first-order valence-electron chi connectivity index (χ1n) is 11.1. The second-order valence-corrected chi connectivity index (χ2v) is 8.95. The van der Waals surface area contributed by atoms with Crippen molar-refractivity contribution in [3.8, 4) is 5.75 Å². The molecule has 0 radical (unpaired) electrons. The quantitative estimate of drug-likeness (QED) is 0.434. The fourth-order valence-electron chi connectivity index (χ4n) is 3.30. The number of imide groups is 1. The third-order valence-corrected chi connectivity index (χ3v) is 6.02. The van der Waals surface area contributed by atoms with Crippen LogP contribution in [0.15, 0.2) is 83.8 Å². The molecule has 1 aliphatic rings. The third kappa shape index (κ3) is 6.61. The summed E-state index contributed by atoms with van der Waals surface area (Å²) in [5, 5.41) is 4.91. The summed E-state index contributed by atoms with van der Waals surface area (Å²) in [6.07, 6.45) is 1.58. The van der Waals surface area contributed by atoms with Gasteiger partial charge >= 0.3 is 0 Å². The van der Waals surface area contributed by atoms with Gasteiger partial charge in [-0.3, -0.25) is 24.1 Å². The Labute approximate surface area is 212 Å². The van der Waals surface area contributed by atoms with Crippen LogP contribution in [0.1, 0.15) is 11.1 Å². The zero-order chi connectivity index (χ0) is 25.5. The minimum atomic E-state index is -0.527. The van der Waals surface area contributed by atoms with E-state index in [-0.39, 0.29) is 24.0 Å². The number of nitrogens with one attached hydrogen (secondary N) is 2. The van der Waals surface area contributed by atoms with E-state index in [0.29, 0.717) is 22.7 Å². The summed E-state index contributed by atoms with van der Waals surface area (Å²) in [7, 11) is 0. The number of para-hydroxylation sites is 1. The van der Waals surface area contributed by atoms with Crippen LogP contribution in [0.3, 0.4) is 0 Å². The van der Waals surface area contributed by atoms with Crippen molar-refractivity contribution in [2.75, 3.05) is 23.8 Å². The molecule has 0 spiro atoms. The molecule has 0 aliphatic carbocycles. The number of hydrogen-bond acceptors (Lipinski definition) is 6. The standard InChI is InChI=1S/C27H23N3O5S/c1-18-7-11-21(12-8-18)29-25(32)17-35-22-13-9-19(10-14-22)15-23-26(33)30(27(34)36-23)16-24(31)28-20-5-3-2-4-6-20/h2-15H,16-17H2,1H3,(H,28,31)(H,29,32)/b23-15-. The molecule has 2 N–H and O–H groups in total. The molecule has 0 saturated carbocycles. The zero-order valence-corrected chi connectivity index (χ0v) is 20.2. The highest BCUT2D eigenvalue weighted by atomic mass is 32.2. The fourth-order valence-corrected chi connectivity index (χ4v) is 4.13. The maximum absolute atomic E-state index is 12.7. The summed E-state index contributed by atoms with van der Waals surface area (Å²) in [6, 6.07) is 23.0. The van der Waals surface area contributed by atoms with Crippen LogP contribution in [0.25, 0.3) is 6.08 Å². The van der Waals surface area contributed by atoms with Gasteiger partial charge in [-0.05, 0) is 66.7 Å². The summed E-state index contributed by atoms with van der Waals surface area (Å²) < 4.78 is 5.52. The van der Waals surface area contributed by atoms with Crippen molar-refractivity contribution in [1.82, 2.24) is 4.90 Å². The van der Waals surface area contributed by atoms with Gasteiger partial charge in [0.05, 0.1) is 4.91 Å². The molecule has 0 unspecified atom stereocenters. The lowest BCUT2D eigenvalue weighted by molar-refractivity contribution is -0.127. The van der Waals surface area contributed by atoms with Crippen LogP contribution >= 0.6 is 11.8 Å². The van der Waals surface area contributed by atoms with Crippen LogP contribution in [-0.4, -0.2) is 41.0 Å². The Hall–Kier alpha value is -4.37. The van der Waals surface area contributed by atoms with Gasteiger partial charge in [-0.1, -0.05) is 48.0 Å². The number of benzene rings is 3. The molecule has 4 amide bonds. The Morgan fingerprint density at radius 2 is 1.50 bits per heavy atom. The minimum absolute atomic E-state index is 0.156. The number of hydrogen-bond donors (Lipinski definition) is 2. The molecule has 1 aliphatic heterocycles. The first kappa shape index (κ1) is 24.7. The van der Waals surface area contributed by atoms with Gasteiger partial charge in [0.25, 0.3) is 17.1 Å². The number of rotatable bonds is 8. The Balaban J connectivity index is 1.30. The number of aryl methyl sites for hydroxylation is 1. The summed E-state index contributed by atoms with van der Waals surface area (Å²) >= 11 is 0.779. The van der Waals surface area contributed by atoms with Gasteiger partial charge in [-0.2, -0.15) is 0 Å². The summed E-state index contributed by atoms with van der Waals surface area (Å²) in [4.78, 5) is 50.5. The molecule has 3 aromatic rings. The zero-order valence-electron chi connectivity index (χ0n) is 19.4. The number of ether oxygens (including phenoxy) is 1. The normalized spacial score (nSPS) is 14.1. The smallest absolute Gasteiger partial charge is 0.294 e. The molecular weight excluding hydrogens is 478 g/mol. The minimum Gasteiger partial charge on any atom is -0.484 e. The number of amides is 4. The number of thioether (sulfide) groups is 1. The van der Waals surface area contributed by atoms with E-state index >= 15 is 0 Å². The van der Waals surface area contributed by atoms with Crippen LogP contribution in [0, 0.1) is 6.92 Å². The number of nitrogens with zero attached hydrogens (tertiary/aromatic N) is 1. The highest BCUT2D eigenvalue weighted by molar-refractivity contribution is 8.18. The molecule has 9 heteroatoms. The fraction of sp³-hybridized carbons (Fsp3) is 0.111. The molecule has 8 nitrogen and oxygen atoms in total. The third-order valence-electron chi connectivity index (χ3n) is 5.12. The molecule has 0 aromatic heterocycles. The highest BCUT2D eigenvalue weighted by Gasteiger charge is 2.36. The largest absolute Gasteiger partial charge is 0.484 e. The molecule has 0 bridgehead atoms. The maximum Gasteiger partial charge on any atom is 0.294 e. The van der Waals surface area contributed by atoms with Gasteiger partial charge in [-0.15, -0.1) is 0 Å². The van der Waals surface area contributed by atoms with Crippen molar-refractivity contribution in [1.29, 1.82) is 0 Å². The molecule has 36 heavy (non-hydrogen) atoms. The van der Waals surface area contributed by atoms with Crippen molar-refractivity contribution in [2.45, 2.75) is 6.92 Å².